The first-order chi connectivity index (χ1) is 10.5. The highest BCUT2D eigenvalue weighted by Gasteiger charge is 2.26. The molecule has 0 bridgehead atoms. The molecule has 5 heteroatoms. The SMILES string of the molecule is NC(=O)c1ccc2c(ccn2C[C@H]2CC[C@H](C(=O)O)CC2)c1. The first-order valence-corrected chi connectivity index (χ1v) is 7.66. The summed E-state index contributed by atoms with van der Waals surface area (Å²) in [6, 6.07) is 7.49. The van der Waals surface area contributed by atoms with Crippen LogP contribution in [-0.4, -0.2) is 21.6 Å². The van der Waals surface area contributed by atoms with Crippen molar-refractivity contribution in [1.29, 1.82) is 0 Å². The van der Waals surface area contributed by atoms with E-state index in [9.17, 15) is 9.59 Å². The van der Waals surface area contributed by atoms with E-state index in [-0.39, 0.29) is 5.92 Å². The maximum absolute atomic E-state index is 11.2. The lowest BCUT2D eigenvalue weighted by Gasteiger charge is -2.26. The van der Waals surface area contributed by atoms with E-state index >= 15 is 0 Å². The van der Waals surface area contributed by atoms with E-state index in [1.54, 1.807) is 6.07 Å². The van der Waals surface area contributed by atoms with Crippen molar-refractivity contribution in [1.82, 2.24) is 4.57 Å². The van der Waals surface area contributed by atoms with E-state index in [2.05, 4.69) is 4.57 Å². The zero-order valence-electron chi connectivity index (χ0n) is 12.4. The quantitative estimate of drug-likeness (QED) is 0.910. The normalized spacial score (nSPS) is 21.8. The summed E-state index contributed by atoms with van der Waals surface area (Å²) in [4.78, 5) is 22.2. The fraction of sp³-hybridized carbons (Fsp3) is 0.412. The Morgan fingerprint density at radius 2 is 1.91 bits per heavy atom. The van der Waals surface area contributed by atoms with Crippen LogP contribution in [0, 0.1) is 11.8 Å². The Bertz CT molecular complexity index is 712. The van der Waals surface area contributed by atoms with Crippen molar-refractivity contribution < 1.29 is 14.7 Å². The van der Waals surface area contributed by atoms with Crippen LogP contribution in [0.2, 0.25) is 0 Å². The molecule has 0 aliphatic heterocycles. The molecule has 1 aliphatic rings. The van der Waals surface area contributed by atoms with Gasteiger partial charge in [0.2, 0.25) is 5.91 Å². The van der Waals surface area contributed by atoms with Crippen molar-refractivity contribution >= 4 is 22.8 Å². The molecule has 5 nitrogen and oxygen atoms in total. The lowest BCUT2D eigenvalue weighted by Crippen LogP contribution is -2.23. The Morgan fingerprint density at radius 3 is 2.55 bits per heavy atom. The summed E-state index contributed by atoms with van der Waals surface area (Å²) in [6.45, 7) is 0.895. The fourth-order valence-corrected chi connectivity index (χ4v) is 3.38. The monoisotopic (exact) mass is 300 g/mol. The third-order valence-corrected chi connectivity index (χ3v) is 4.71. The third-order valence-electron chi connectivity index (χ3n) is 4.71. The number of carbonyl (C=O) groups excluding carboxylic acids is 1. The number of hydrogen-bond donors (Lipinski definition) is 2. The summed E-state index contributed by atoms with van der Waals surface area (Å²) in [5.74, 6) is -0.733. The second kappa shape index (κ2) is 5.83. The van der Waals surface area contributed by atoms with Crippen LogP contribution in [0.5, 0.6) is 0 Å². The number of carbonyl (C=O) groups is 2. The maximum Gasteiger partial charge on any atom is 0.306 e. The van der Waals surface area contributed by atoms with Gasteiger partial charge >= 0.3 is 5.97 Å². The van der Waals surface area contributed by atoms with Crippen LogP contribution in [0.4, 0.5) is 0 Å². The van der Waals surface area contributed by atoms with Crippen molar-refractivity contribution in [3.63, 3.8) is 0 Å². The number of rotatable bonds is 4. The van der Waals surface area contributed by atoms with Crippen LogP contribution >= 0.6 is 0 Å². The van der Waals surface area contributed by atoms with Crippen molar-refractivity contribution in [3.8, 4) is 0 Å². The molecule has 0 atom stereocenters. The number of carboxylic acid groups (broad SMARTS) is 1. The summed E-state index contributed by atoms with van der Waals surface area (Å²) in [7, 11) is 0. The average molecular weight is 300 g/mol. The number of nitrogens with zero attached hydrogens (tertiary/aromatic N) is 1. The van der Waals surface area contributed by atoms with E-state index in [1.165, 1.54) is 0 Å². The minimum absolute atomic E-state index is 0.171. The van der Waals surface area contributed by atoms with E-state index < -0.39 is 11.9 Å². The smallest absolute Gasteiger partial charge is 0.306 e. The standard InChI is InChI=1S/C17H20N2O3/c18-16(20)14-5-6-15-13(9-14)7-8-19(15)10-11-1-3-12(4-2-11)17(21)22/h5-9,11-12H,1-4,10H2,(H2,18,20)(H,21,22)/t11-,12-. The summed E-state index contributed by atoms with van der Waals surface area (Å²) < 4.78 is 2.19. The molecule has 1 saturated carbocycles. The van der Waals surface area contributed by atoms with E-state index in [0.29, 0.717) is 11.5 Å². The van der Waals surface area contributed by atoms with Crippen molar-refractivity contribution in [2.45, 2.75) is 32.2 Å². The minimum Gasteiger partial charge on any atom is -0.481 e. The van der Waals surface area contributed by atoms with Gasteiger partial charge < -0.3 is 15.4 Å². The van der Waals surface area contributed by atoms with Crippen LogP contribution in [-0.2, 0) is 11.3 Å². The van der Waals surface area contributed by atoms with E-state index in [1.807, 2.05) is 24.4 Å². The topological polar surface area (TPSA) is 85.3 Å². The number of amides is 1. The molecule has 3 N–H and O–H groups in total. The predicted octanol–water partition coefficient (Wildman–Crippen LogP) is 2.63. The molecule has 1 aromatic heterocycles. The van der Waals surface area contributed by atoms with Gasteiger partial charge in [0.1, 0.15) is 0 Å². The Labute approximate surface area is 128 Å². The lowest BCUT2D eigenvalue weighted by atomic mass is 9.82. The third kappa shape index (κ3) is 2.84. The number of aliphatic carboxylic acids is 1. The Balaban J connectivity index is 1.72. The average Bonchev–Trinajstić information content (AvgIpc) is 2.90. The van der Waals surface area contributed by atoms with Crippen LogP contribution in [0.3, 0.4) is 0 Å². The van der Waals surface area contributed by atoms with Gasteiger partial charge in [0.25, 0.3) is 0 Å². The second-order valence-electron chi connectivity index (χ2n) is 6.16. The van der Waals surface area contributed by atoms with Gasteiger partial charge in [-0.3, -0.25) is 9.59 Å². The number of nitrogens with two attached hydrogens (primary N) is 1. The van der Waals surface area contributed by atoms with Gasteiger partial charge in [-0.1, -0.05) is 0 Å². The van der Waals surface area contributed by atoms with Gasteiger partial charge in [-0.15, -0.1) is 0 Å². The van der Waals surface area contributed by atoms with E-state index in [0.717, 1.165) is 43.1 Å². The second-order valence-corrected chi connectivity index (χ2v) is 6.16. The molecule has 116 valence electrons. The molecule has 1 heterocycles. The summed E-state index contributed by atoms with van der Waals surface area (Å²) in [6.07, 6.45) is 5.47. The Kier molecular flexibility index (Phi) is 3.88. The van der Waals surface area contributed by atoms with Crippen LogP contribution in [0.15, 0.2) is 30.5 Å². The van der Waals surface area contributed by atoms with Crippen LogP contribution < -0.4 is 5.73 Å². The van der Waals surface area contributed by atoms with Crippen molar-refractivity contribution in [2.75, 3.05) is 0 Å². The number of primary amides is 1. The van der Waals surface area contributed by atoms with Gasteiger partial charge in [0.05, 0.1) is 5.92 Å². The molecule has 0 radical (unpaired) electrons. The minimum atomic E-state index is -0.663. The Hall–Kier alpha value is -2.30. The zero-order chi connectivity index (χ0) is 15.7. The number of benzene rings is 1. The van der Waals surface area contributed by atoms with Gasteiger partial charge in [0, 0.05) is 29.2 Å². The molecule has 1 amide bonds. The molecule has 1 aromatic carbocycles. The summed E-state index contributed by atoms with van der Waals surface area (Å²) >= 11 is 0. The van der Waals surface area contributed by atoms with Gasteiger partial charge in [-0.25, -0.2) is 0 Å². The summed E-state index contributed by atoms with van der Waals surface area (Å²) in [5, 5.41) is 10.1. The fourth-order valence-electron chi connectivity index (χ4n) is 3.38. The molecule has 0 saturated heterocycles. The largest absolute Gasteiger partial charge is 0.481 e. The Morgan fingerprint density at radius 1 is 1.18 bits per heavy atom. The number of hydrogen-bond acceptors (Lipinski definition) is 2. The molecular weight excluding hydrogens is 280 g/mol. The first-order valence-electron chi connectivity index (χ1n) is 7.66. The molecule has 3 rings (SSSR count). The number of carboxylic acids is 1. The highest BCUT2D eigenvalue weighted by atomic mass is 16.4. The predicted molar refractivity (Wildman–Crippen MR) is 83.5 cm³/mol. The molecule has 2 aromatic rings. The number of fused-ring (bicyclic) bond motifs is 1. The molecule has 1 fully saturated rings. The molecule has 1 aliphatic carbocycles. The maximum atomic E-state index is 11.2. The number of aromatic nitrogens is 1. The molecular formula is C17H20N2O3. The lowest BCUT2D eigenvalue weighted by molar-refractivity contribution is -0.143. The zero-order valence-corrected chi connectivity index (χ0v) is 12.4. The molecule has 0 unspecified atom stereocenters. The highest BCUT2D eigenvalue weighted by Crippen LogP contribution is 2.31. The van der Waals surface area contributed by atoms with Crippen LogP contribution in [0.1, 0.15) is 36.0 Å². The van der Waals surface area contributed by atoms with E-state index in [4.69, 9.17) is 10.8 Å². The first kappa shape index (κ1) is 14.6. The molecule has 0 spiro atoms. The van der Waals surface area contributed by atoms with Gasteiger partial charge in [-0.2, -0.15) is 0 Å². The summed E-state index contributed by atoms with van der Waals surface area (Å²) in [5.41, 5.74) is 6.91. The van der Waals surface area contributed by atoms with Gasteiger partial charge in [-0.05, 0) is 55.9 Å². The highest BCUT2D eigenvalue weighted by molar-refractivity contribution is 5.97. The van der Waals surface area contributed by atoms with Crippen molar-refractivity contribution in [2.24, 2.45) is 17.6 Å². The van der Waals surface area contributed by atoms with Crippen molar-refractivity contribution in [3.05, 3.63) is 36.0 Å². The van der Waals surface area contributed by atoms with Gasteiger partial charge in [0.15, 0.2) is 0 Å². The van der Waals surface area contributed by atoms with Crippen LogP contribution in [0.25, 0.3) is 10.9 Å². The molecule has 22 heavy (non-hydrogen) atoms.